The quantitative estimate of drug-likeness (QED) is 0.354. The number of hydrogen-bond acceptors (Lipinski definition) is 4. The van der Waals surface area contributed by atoms with E-state index in [0.29, 0.717) is 10.6 Å². The maximum absolute atomic E-state index is 13.8. The molecule has 0 aromatic heterocycles. The van der Waals surface area contributed by atoms with Gasteiger partial charge in [-0.15, -0.1) is 0 Å². The Balaban J connectivity index is 2.01. The van der Waals surface area contributed by atoms with Crippen molar-refractivity contribution in [2.24, 2.45) is 0 Å². The average molecular weight is 581 g/mol. The van der Waals surface area contributed by atoms with Crippen molar-refractivity contribution < 1.29 is 22.4 Å². The van der Waals surface area contributed by atoms with Crippen LogP contribution in [-0.2, 0) is 26.2 Å². The molecule has 0 radical (unpaired) electrons. The van der Waals surface area contributed by atoms with Crippen LogP contribution in [0.1, 0.15) is 26.3 Å². The largest absolute Gasteiger partial charge is 0.352 e. The van der Waals surface area contributed by atoms with Gasteiger partial charge >= 0.3 is 0 Å². The lowest BCUT2D eigenvalue weighted by atomic mass is 10.1. The molecule has 202 valence electrons. The molecule has 0 heterocycles. The van der Waals surface area contributed by atoms with E-state index in [2.05, 4.69) is 5.32 Å². The number of carbonyl (C=O) groups is 2. The summed E-state index contributed by atoms with van der Waals surface area (Å²) in [7, 11) is -4.27. The zero-order chi connectivity index (χ0) is 28.0. The third kappa shape index (κ3) is 7.24. The Bertz CT molecular complexity index is 1390. The highest BCUT2D eigenvalue weighted by Crippen LogP contribution is 2.26. The number of nitrogens with zero attached hydrogens (tertiary/aromatic N) is 2. The summed E-state index contributed by atoms with van der Waals surface area (Å²) in [6, 6.07) is 16.1. The molecule has 0 saturated carbocycles. The normalized spacial score (nSPS) is 12.2. The second-order valence-electron chi connectivity index (χ2n) is 8.91. The van der Waals surface area contributed by atoms with Crippen LogP contribution in [0, 0.1) is 5.82 Å². The van der Waals surface area contributed by atoms with Crippen molar-refractivity contribution in [3.63, 3.8) is 0 Å². The molecular formula is C27H28Cl2FN3O4S. The van der Waals surface area contributed by atoms with Gasteiger partial charge in [0, 0.05) is 12.6 Å². The second-order valence-corrected chi connectivity index (χ2v) is 11.6. The van der Waals surface area contributed by atoms with Crippen LogP contribution in [0.5, 0.6) is 0 Å². The number of amides is 2. The van der Waals surface area contributed by atoms with E-state index in [4.69, 9.17) is 23.2 Å². The Morgan fingerprint density at radius 3 is 2.13 bits per heavy atom. The molecule has 0 unspecified atom stereocenters. The van der Waals surface area contributed by atoms with Gasteiger partial charge in [-0.05, 0) is 74.9 Å². The third-order valence-electron chi connectivity index (χ3n) is 5.66. The van der Waals surface area contributed by atoms with Gasteiger partial charge in [0.05, 0.1) is 20.6 Å². The molecule has 0 bridgehead atoms. The van der Waals surface area contributed by atoms with Crippen molar-refractivity contribution in [3.8, 4) is 0 Å². The van der Waals surface area contributed by atoms with Crippen LogP contribution in [0.4, 0.5) is 10.1 Å². The van der Waals surface area contributed by atoms with Crippen molar-refractivity contribution >= 4 is 50.7 Å². The van der Waals surface area contributed by atoms with Crippen molar-refractivity contribution in [2.75, 3.05) is 10.8 Å². The van der Waals surface area contributed by atoms with Crippen molar-refractivity contribution in [1.29, 1.82) is 0 Å². The first-order chi connectivity index (χ1) is 17.9. The molecule has 2 amide bonds. The summed E-state index contributed by atoms with van der Waals surface area (Å²) < 4.78 is 41.7. The van der Waals surface area contributed by atoms with E-state index in [-0.39, 0.29) is 28.2 Å². The number of halogens is 3. The Morgan fingerprint density at radius 1 is 0.921 bits per heavy atom. The van der Waals surface area contributed by atoms with Crippen molar-refractivity contribution in [1.82, 2.24) is 10.2 Å². The molecule has 0 aliphatic heterocycles. The van der Waals surface area contributed by atoms with Gasteiger partial charge in [0.2, 0.25) is 11.8 Å². The molecule has 0 saturated heterocycles. The number of hydrogen-bond donors (Lipinski definition) is 1. The zero-order valence-corrected chi connectivity index (χ0v) is 23.4. The van der Waals surface area contributed by atoms with E-state index in [1.807, 2.05) is 0 Å². The molecule has 11 heteroatoms. The number of para-hydroxylation sites is 1. The molecule has 3 aromatic carbocycles. The van der Waals surface area contributed by atoms with Gasteiger partial charge in [-0.25, -0.2) is 12.8 Å². The lowest BCUT2D eigenvalue weighted by Gasteiger charge is -2.32. The topological polar surface area (TPSA) is 86.8 Å². The van der Waals surface area contributed by atoms with Crippen LogP contribution in [0.25, 0.3) is 0 Å². The summed E-state index contributed by atoms with van der Waals surface area (Å²) in [4.78, 5) is 27.8. The Labute approximate surface area is 232 Å². The van der Waals surface area contributed by atoms with Crippen LogP contribution < -0.4 is 9.62 Å². The van der Waals surface area contributed by atoms with Gasteiger partial charge in [0.15, 0.2) is 0 Å². The minimum atomic E-state index is -4.27. The Kier molecular flexibility index (Phi) is 9.76. The molecule has 38 heavy (non-hydrogen) atoms. The highest BCUT2D eigenvalue weighted by Gasteiger charge is 2.32. The lowest BCUT2D eigenvalue weighted by molar-refractivity contribution is -0.139. The molecule has 0 spiro atoms. The summed E-state index contributed by atoms with van der Waals surface area (Å²) in [5.74, 6) is -1.62. The maximum atomic E-state index is 13.8. The molecule has 3 aromatic rings. The summed E-state index contributed by atoms with van der Waals surface area (Å²) in [6.45, 7) is 4.52. The van der Waals surface area contributed by atoms with E-state index >= 15 is 0 Å². The van der Waals surface area contributed by atoms with Crippen LogP contribution in [-0.4, -0.2) is 43.8 Å². The first-order valence-electron chi connectivity index (χ1n) is 11.8. The van der Waals surface area contributed by atoms with Gasteiger partial charge < -0.3 is 10.2 Å². The van der Waals surface area contributed by atoms with Gasteiger partial charge in [-0.2, -0.15) is 0 Å². The second kappa shape index (κ2) is 12.6. The molecule has 0 fully saturated rings. The Morgan fingerprint density at radius 2 is 1.55 bits per heavy atom. The molecule has 1 N–H and O–H groups in total. The predicted octanol–water partition coefficient (Wildman–Crippen LogP) is 5.27. The number of rotatable bonds is 10. The van der Waals surface area contributed by atoms with Gasteiger partial charge in [-0.1, -0.05) is 47.5 Å². The Hall–Kier alpha value is -3.14. The van der Waals surface area contributed by atoms with Crippen LogP contribution >= 0.6 is 23.2 Å². The number of anilines is 1. The fourth-order valence-electron chi connectivity index (χ4n) is 3.68. The standard InChI is InChI=1S/C27H28Cl2FN3O4S/c1-18(2)31-27(35)19(3)32(16-20-9-14-24(28)25(29)15-20)26(34)17-33(22-7-5-4-6-8-22)38(36,37)23-12-10-21(30)11-13-23/h4-15,18-19H,16-17H2,1-3H3,(H,31,35)/t19-/m0/s1. The monoisotopic (exact) mass is 579 g/mol. The number of carbonyl (C=O) groups excluding carboxylic acids is 2. The fraction of sp³-hybridized carbons (Fsp3) is 0.259. The molecular weight excluding hydrogens is 552 g/mol. The smallest absolute Gasteiger partial charge is 0.264 e. The number of nitrogens with one attached hydrogen (secondary N) is 1. The molecule has 7 nitrogen and oxygen atoms in total. The number of benzene rings is 3. The van der Waals surface area contributed by atoms with Gasteiger partial charge in [0.25, 0.3) is 10.0 Å². The van der Waals surface area contributed by atoms with Crippen molar-refractivity contribution in [2.45, 2.75) is 44.3 Å². The highest BCUT2D eigenvalue weighted by atomic mass is 35.5. The van der Waals surface area contributed by atoms with Crippen molar-refractivity contribution in [3.05, 3.63) is 94.2 Å². The summed E-state index contributed by atoms with van der Waals surface area (Å²) in [5, 5.41) is 3.39. The van der Waals surface area contributed by atoms with E-state index in [9.17, 15) is 22.4 Å². The van der Waals surface area contributed by atoms with Crippen LogP contribution in [0.3, 0.4) is 0 Å². The fourth-order valence-corrected chi connectivity index (χ4v) is 5.41. The minimum absolute atomic E-state index is 0.0262. The van der Waals surface area contributed by atoms with E-state index in [1.54, 1.807) is 69.3 Å². The van der Waals surface area contributed by atoms with Gasteiger partial charge in [0.1, 0.15) is 18.4 Å². The highest BCUT2D eigenvalue weighted by molar-refractivity contribution is 7.92. The third-order valence-corrected chi connectivity index (χ3v) is 8.19. The van der Waals surface area contributed by atoms with Crippen LogP contribution in [0.15, 0.2) is 77.7 Å². The maximum Gasteiger partial charge on any atom is 0.264 e. The van der Waals surface area contributed by atoms with E-state index in [1.165, 1.54) is 4.90 Å². The molecule has 3 rings (SSSR count). The molecule has 0 aliphatic carbocycles. The summed E-state index contributed by atoms with van der Waals surface area (Å²) in [6.07, 6.45) is 0. The molecule has 0 aliphatic rings. The molecule has 1 atom stereocenters. The first kappa shape index (κ1) is 29.4. The van der Waals surface area contributed by atoms with Crippen LogP contribution in [0.2, 0.25) is 10.0 Å². The summed E-state index contributed by atoms with van der Waals surface area (Å²) in [5.41, 5.74) is 0.837. The van der Waals surface area contributed by atoms with E-state index < -0.39 is 40.2 Å². The first-order valence-corrected chi connectivity index (χ1v) is 14.0. The average Bonchev–Trinajstić information content (AvgIpc) is 2.87. The zero-order valence-electron chi connectivity index (χ0n) is 21.1. The van der Waals surface area contributed by atoms with E-state index in [0.717, 1.165) is 28.6 Å². The number of sulfonamides is 1. The minimum Gasteiger partial charge on any atom is -0.352 e. The SMILES string of the molecule is CC(C)NC(=O)[C@H](C)N(Cc1ccc(Cl)c(Cl)c1)C(=O)CN(c1ccccc1)S(=O)(=O)c1ccc(F)cc1. The predicted molar refractivity (Wildman–Crippen MR) is 147 cm³/mol. The van der Waals surface area contributed by atoms with Gasteiger partial charge in [-0.3, -0.25) is 13.9 Å². The summed E-state index contributed by atoms with van der Waals surface area (Å²) >= 11 is 12.2. The lowest BCUT2D eigenvalue weighted by Crippen LogP contribution is -2.52.